The number of benzene rings is 1. The Morgan fingerprint density at radius 3 is 1.55 bits per heavy atom. The zero-order valence-corrected chi connectivity index (χ0v) is 12.4. The maximum absolute atomic E-state index is 4.64. The summed E-state index contributed by atoms with van der Waals surface area (Å²) in [6, 6.07) is 12.6. The molecule has 0 saturated carbocycles. The number of fused-ring (bicyclic) bond motifs is 7. The lowest BCUT2D eigenvalue weighted by Gasteiger charge is -1.99. The molecule has 0 aliphatic rings. The van der Waals surface area contributed by atoms with E-state index in [0.29, 0.717) is 0 Å². The number of nitrogens with zero attached hydrogens (tertiary/aromatic N) is 4. The van der Waals surface area contributed by atoms with Crippen molar-refractivity contribution in [3.63, 3.8) is 0 Å². The summed E-state index contributed by atoms with van der Waals surface area (Å²) < 4.78 is 4.41. The van der Waals surface area contributed by atoms with Crippen LogP contribution in [0.4, 0.5) is 0 Å². The summed E-state index contributed by atoms with van der Waals surface area (Å²) in [5.41, 5.74) is 6.78. The van der Waals surface area contributed by atoms with Gasteiger partial charge in [0.1, 0.15) is 0 Å². The summed E-state index contributed by atoms with van der Waals surface area (Å²) in [6.07, 6.45) is 3.72. The topological polar surface area (TPSA) is 35.6 Å². The van der Waals surface area contributed by atoms with E-state index in [1.54, 1.807) is 0 Å². The summed E-state index contributed by atoms with van der Waals surface area (Å²) in [6.45, 7) is 0. The number of hydrogen-bond acceptors (Lipinski definition) is 2. The van der Waals surface area contributed by atoms with Gasteiger partial charge in [0.25, 0.3) is 0 Å². The van der Waals surface area contributed by atoms with E-state index >= 15 is 0 Å². The molecule has 4 aromatic heterocycles. The molecule has 0 spiro atoms. The van der Waals surface area contributed by atoms with Gasteiger partial charge in [0.15, 0.2) is 0 Å². The fraction of sp³-hybridized carbons (Fsp3) is 0.111. The Hall–Kier alpha value is -2.88. The van der Waals surface area contributed by atoms with Crippen molar-refractivity contribution in [2.45, 2.75) is 0 Å². The van der Waals surface area contributed by atoms with Crippen molar-refractivity contribution in [2.75, 3.05) is 0 Å². The minimum atomic E-state index is 1.05. The van der Waals surface area contributed by atoms with Crippen molar-refractivity contribution < 1.29 is 0 Å². The first-order valence-electron chi connectivity index (χ1n) is 7.32. The minimum Gasteiger partial charge on any atom is -0.342 e. The monoisotopic (exact) mass is 286 g/mol. The molecule has 5 rings (SSSR count). The van der Waals surface area contributed by atoms with E-state index in [2.05, 4.69) is 57.5 Å². The van der Waals surface area contributed by atoms with Gasteiger partial charge in [0.05, 0.1) is 33.1 Å². The second-order valence-electron chi connectivity index (χ2n) is 5.71. The highest BCUT2D eigenvalue weighted by Gasteiger charge is 2.17. The Bertz CT molecular complexity index is 1100. The van der Waals surface area contributed by atoms with Gasteiger partial charge >= 0.3 is 0 Å². The van der Waals surface area contributed by atoms with Crippen molar-refractivity contribution in [1.29, 1.82) is 0 Å². The van der Waals surface area contributed by atoms with E-state index in [1.807, 2.05) is 24.5 Å². The second kappa shape index (κ2) is 3.85. The number of hydrogen-bond donors (Lipinski definition) is 0. The lowest BCUT2D eigenvalue weighted by atomic mass is 10.1. The Morgan fingerprint density at radius 1 is 0.636 bits per heavy atom. The van der Waals surface area contributed by atoms with E-state index in [4.69, 9.17) is 0 Å². The summed E-state index contributed by atoms with van der Waals surface area (Å²) >= 11 is 0. The van der Waals surface area contributed by atoms with Gasteiger partial charge in [-0.25, -0.2) is 0 Å². The maximum atomic E-state index is 4.64. The third-order valence-electron chi connectivity index (χ3n) is 4.65. The predicted molar refractivity (Wildman–Crippen MR) is 90.0 cm³/mol. The van der Waals surface area contributed by atoms with Crippen LogP contribution in [0.1, 0.15) is 0 Å². The molecule has 0 N–H and O–H groups in total. The number of pyridine rings is 2. The highest BCUT2D eigenvalue weighted by atomic mass is 15.0. The first-order valence-corrected chi connectivity index (χ1v) is 7.32. The molecule has 0 atom stereocenters. The maximum Gasteiger partial charge on any atom is 0.0967 e. The van der Waals surface area contributed by atoms with Crippen LogP contribution in [0.3, 0.4) is 0 Å². The molecule has 5 aromatic rings. The molecule has 4 nitrogen and oxygen atoms in total. The fourth-order valence-corrected chi connectivity index (χ4v) is 3.60. The van der Waals surface area contributed by atoms with Crippen LogP contribution in [0.25, 0.3) is 43.9 Å². The van der Waals surface area contributed by atoms with Crippen LogP contribution in [-0.2, 0) is 14.1 Å². The lowest BCUT2D eigenvalue weighted by Crippen LogP contribution is -1.87. The SMILES string of the molecule is Cn1c2cccnc2c2c3c4ncccc4n(C)c3ccc21. The van der Waals surface area contributed by atoms with E-state index in [0.717, 1.165) is 22.1 Å². The Balaban J connectivity index is 2.22. The molecule has 0 fully saturated rings. The van der Waals surface area contributed by atoms with E-state index in [1.165, 1.54) is 21.8 Å². The largest absolute Gasteiger partial charge is 0.342 e. The van der Waals surface area contributed by atoms with Crippen LogP contribution in [0.15, 0.2) is 48.8 Å². The van der Waals surface area contributed by atoms with Crippen LogP contribution in [0, 0.1) is 0 Å². The molecule has 0 unspecified atom stereocenters. The van der Waals surface area contributed by atoms with Crippen molar-refractivity contribution in [3.05, 3.63) is 48.8 Å². The summed E-state index contributed by atoms with van der Waals surface area (Å²) in [5, 5.41) is 2.39. The van der Waals surface area contributed by atoms with Crippen LogP contribution >= 0.6 is 0 Å². The summed E-state index contributed by atoms with van der Waals surface area (Å²) in [5.74, 6) is 0. The predicted octanol–water partition coefficient (Wildman–Crippen LogP) is 3.77. The molecule has 4 heteroatoms. The molecule has 0 aliphatic carbocycles. The smallest absolute Gasteiger partial charge is 0.0967 e. The third kappa shape index (κ3) is 1.23. The Labute approximate surface area is 126 Å². The zero-order chi connectivity index (χ0) is 14.8. The quantitative estimate of drug-likeness (QED) is 0.434. The van der Waals surface area contributed by atoms with Crippen LogP contribution in [0.2, 0.25) is 0 Å². The fourth-order valence-electron chi connectivity index (χ4n) is 3.60. The molecule has 0 bridgehead atoms. The van der Waals surface area contributed by atoms with Crippen LogP contribution in [-0.4, -0.2) is 19.1 Å². The number of rotatable bonds is 0. The second-order valence-corrected chi connectivity index (χ2v) is 5.71. The van der Waals surface area contributed by atoms with Gasteiger partial charge in [-0.3, -0.25) is 9.97 Å². The third-order valence-corrected chi connectivity index (χ3v) is 4.65. The van der Waals surface area contributed by atoms with Crippen LogP contribution in [0.5, 0.6) is 0 Å². The molecule has 0 saturated heterocycles. The molecule has 1 aromatic carbocycles. The van der Waals surface area contributed by atoms with E-state index < -0.39 is 0 Å². The van der Waals surface area contributed by atoms with Crippen molar-refractivity contribution in [3.8, 4) is 0 Å². The molecule has 0 radical (unpaired) electrons. The minimum absolute atomic E-state index is 1.05. The standard InChI is InChI=1S/C18H14N4/c1-21-11-7-8-12-16(15(11)17-13(21)5-3-9-19-17)18-14(22(12)2)6-4-10-20-18/h3-10H,1-2H3. The molecule has 106 valence electrons. The van der Waals surface area contributed by atoms with Crippen molar-refractivity contribution in [2.24, 2.45) is 14.1 Å². The van der Waals surface area contributed by atoms with Gasteiger partial charge in [-0.15, -0.1) is 0 Å². The molecular weight excluding hydrogens is 272 g/mol. The van der Waals surface area contributed by atoms with Gasteiger partial charge in [0, 0.05) is 37.3 Å². The lowest BCUT2D eigenvalue weighted by molar-refractivity contribution is 1.01. The average molecular weight is 286 g/mol. The van der Waals surface area contributed by atoms with Crippen LogP contribution < -0.4 is 0 Å². The normalized spacial score (nSPS) is 12.1. The van der Waals surface area contributed by atoms with Gasteiger partial charge in [0.2, 0.25) is 0 Å². The number of aryl methyl sites for hydroxylation is 2. The zero-order valence-electron chi connectivity index (χ0n) is 12.4. The van der Waals surface area contributed by atoms with Crippen molar-refractivity contribution in [1.82, 2.24) is 19.1 Å². The molecule has 0 amide bonds. The molecule has 22 heavy (non-hydrogen) atoms. The van der Waals surface area contributed by atoms with Gasteiger partial charge < -0.3 is 9.13 Å². The van der Waals surface area contributed by atoms with Gasteiger partial charge in [-0.05, 0) is 36.4 Å². The molecular formula is C18H14N4. The highest BCUT2D eigenvalue weighted by Crippen LogP contribution is 2.37. The van der Waals surface area contributed by atoms with Crippen molar-refractivity contribution >= 4 is 43.9 Å². The van der Waals surface area contributed by atoms with Gasteiger partial charge in [-0.2, -0.15) is 0 Å². The Morgan fingerprint density at radius 2 is 1.09 bits per heavy atom. The van der Waals surface area contributed by atoms with E-state index in [9.17, 15) is 0 Å². The first-order chi connectivity index (χ1) is 10.8. The highest BCUT2D eigenvalue weighted by molar-refractivity contribution is 6.26. The average Bonchev–Trinajstić information content (AvgIpc) is 3.02. The summed E-state index contributed by atoms with van der Waals surface area (Å²) in [7, 11) is 4.19. The van der Waals surface area contributed by atoms with E-state index in [-0.39, 0.29) is 0 Å². The summed E-state index contributed by atoms with van der Waals surface area (Å²) in [4.78, 5) is 9.28. The number of aromatic nitrogens is 4. The van der Waals surface area contributed by atoms with Gasteiger partial charge in [-0.1, -0.05) is 0 Å². The molecule has 0 aliphatic heterocycles. The Kier molecular flexibility index (Phi) is 2.06. The molecule has 4 heterocycles. The first kappa shape index (κ1) is 11.7.